The molecule has 0 aliphatic carbocycles. The zero-order chi connectivity index (χ0) is 14.7. The van der Waals surface area contributed by atoms with Gasteiger partial charge in [0.2, 0.25) is 0 Å². The van der Waals surface area contributed by atoms with Crippen LogP contribution in [0.4, 0.5) is 0 Å². The van der Waals surface area contributed by atoms with Crippen LogP contribution in [0.1, 0.15) is 15.9 Å². The van der Waals surface area contributed by atoms with Crippen LogP contribution in [0.25, 0.3) is 10.9 Å². The molecule has 2 heterocycles. The number of rotatable bonds is 3. The summed E-state index contributed by atoms with van der Waals surface area (Å²) in [5.41, 5.74) is 1.83. The molecule has 1 aromatic carbocycles. The molecule has 5 heteroatoms. The number of carbonyl (C=O) groups excluding carboxylic acids is 1. The topological polar surface area (TPSA) is 75.1 Å². The van der Waals surface area contributed by atoms with Crippen molar-refractivity contribution in [3.63, 3.8) is 0 Å². The van der Waals surface area contributed by atoms with Gasteiger partial charge in [-0.3, -0.25) is 14.8 Å². The van der Waals surface area contributed by atoms with Gasteiger partial charge in [-0.1, -0.05) is 6.07 Å². The highest BCUT2D eigenvalue weighted by molar-refractivity contribution is 6.00. The Morgan fingerprint density at radius 3 is 2.76 bits per heavy atom. The van der Waals surface area contributed by atoms with Crippen molar-refractivity contribution >= 4 is 16.8 Å². The summed E-state index contributed by atoms with van der Waals surface area (Å²) in [5.74, 6) is -0.389. The van der Waals surface area contributed by atoms with Crippen molar-refractivity contribution in [2.24, 2.45) is 0 Å². The molecule has 5 nitrogen and oxygen atoms in total. The molecule has 2 aromatic heterocycles. The fraction of sp³-hybridized carbons (Fsp3) is 0.0625. The lowest BCUT2D eigenvalue weighted by Gasteiger charge is -2.08. The second-order valence-electron chi connectivity index (χ2n) is 4.60. The maximum atomic E-state index is 12.2. The quantitative estimate of drug-likeness (QED) is 0.771. The molecule has 0 fully saturated rings. The van der Waals surface area contributed by atoms with E-state index in [2.05, 4.69) is 15.3 Å². The van der Waals surface area contributed by atoms with E-state index in [0.717, 1.165) is 10.9 Å². The number of hydrogen-bond acceptors (Lipinski definition) is 4. The zero-order valence-electron chi connectivity index (χ0n) is 11.2. The van der Waals surface area contributed by atoms with Gasteiger partial charge in [0.1, 0.15) is 5.75 Å². The molecule has 0 radical (unpaired) electrons. The Morgan fingerprint density at radius 1 is 1.14 bits per heavy atom. The third kappa shape index (κ3) is 2.81. The molecule has 3 rings (SSSR count). The van der Waals surface area contributed by atoms with Gasteiger partial charge in [-0.25, -0.2) is 0 Å². The van der Waals surface area contributed by atoms with Crippen LogP contribution in [-0.4, -0.2) is 21.0 Å². The van der Waals surface area contributed by atoms with Crippen molar-refractivity contribution in [2.45, 2.75) is 6.54 Å². The van der Waals surface area contributed by atoms with Gasteiger partial charge in [0.15, 0.2) is 0 Å². The lowest BCUT2D eigenvalue weighted by atomic mass is 10.1. The van der Waals surface area contributed by atoms with E-state index in [4.69, 9.17) is 0 Å². The highest BCUT2D eigenvalue weighted by Gasteiger charge is 2.12. The van der Waals surface area contributed by atoms with E-state index in [1.807, 2.05) is 18.2 Å². The molecule has 104 valence electrons. The van der Waals surface area contributed by atoms with Crippen molar-refractivity contribution in [3.05, 3.63) is 66.1 Å². The molecule has 3 aromatic rings. The number of benzene rings is 1. The van der Waals surface area contributed by atoms with Crippen molar-refractivity contribution in [2.75, 3.05) is 0 Å². The predicted molar refractivity (Wildman–Crippen MR) is 78.8 cm³/mol. The van der Waals surface area contributed by atoms with Crippen LogP contribution in [0.15, 0.2) is 55.0 Å². The van der Waals surface area contributed by atoms with Crippen molar-refractivity contribution in [3.8, 4) is 5.75 Å². The Labute approximate surface area is 121 Å². The fourth-order valence-corrected chi connectivity index (χ4v) is 2.07. The van der Waals surface area contributed by atoms with Gasteiger partial charge >= 0.3 is 0 Å². The number of aromatic hydroxyl groups is 1. The summed E-state index contributed by atoms with van der Waals surface area (Å²) in [4.78, 5) is 20.3. The van der Waals surface area contributed by atoms with Crippen LogP contribution in [0.5, 0.6) is 5.75 Å². The van der Waals surface area contributed by atoms with E-state index in [1.165, 1.54) is 0 Å². The molecular formula is C16H13N3O2. The Hall–Kier alpha value is -2.95. The van der Waals surface area contributed by atoms with E-state index in [1.54, 1.807) is 36.8 Å². The number of fused-ring (bicyclic) bond motifs is 1. The third-order valence-electron chi connectivity index (χ3n) is 3.17. The molecule has 0 atom stereocenters. The molecule has 0 saturated carbocycles. The molecule has 0 bridgehead atoms. The van der Waals surface area contributed by atoms with Gasteiger partial charge in [-0.15, -0.1) is 0 Å². The van der Waals surface area contributed by atoms with E-state index < -0.39 is 0 Å². The molecule has 2 N–H and O–H groups in total. The molecule has 0 aliphatic heterocycles. The standard InChI is InChI=1S/C16H13N3O2/c20-15-8-12-2-1-5-18-14(12)9-13(15)16(21)19-10-11-3-6-17-7-4-11/h1-9,20H,10H2,(H,19,21). The first-order valence-electron chi connectivity index (χ1n) is 6.49. The van der Waals surface area contributed by atoms with Gasteiger partial charge < -0.3 is 10.4 Å². The van der Waals surface area contributed by atoms with Crippen molar-refractivity contribution < 1.29 is 9.90 Å². The van der Waals surface area contributed by atoms with Crippen molar-refractivity contribution in [1.29, 1.82) is 0 Å². The molecule has 0 saturated heterocycles. The lowest BCUT2D eigenvalue weighted by Crippen LogP contribution is -2.22. The number of pyridine rings is 2. The smallest absolute Gasteiger partial charge is 0.255 e. The lowest BCUT2D eigenvalue weighted by molar-refractivity contribution is 0.0948. The zero-order valence-corrected chi connectivity index (χ0v) is 11.2. The molecule has 1 amide bonds. The van der Waals surface area contributed by atoms with Crippen molar-refractivity contribution in [1.82, 2.24) is 15.3 Å². The molecule has 0 spiro atoms. The minimum atomic E-state index is -0.336. The van der Waals surface area contributed by atoms with Gasteiger partial charge in [0.25, 0.3) is 5.91 Å². The van der Waals surface area contributed by atoms with E-state index in [9.17, 15) is 9.90 Å². The Balaban J connectivity index is 1.82. The normalized spacial score (nSPS) is 10.5. The maximum absolute atomic E-state index is 12.2. The van der Waals surface area contributed by atoms with Crippen LogP contribution in [0.3, 0.4) is 0 Å². The average molecular weight is 279 g/mol. The number of carbonyl (C=O) groups is 1. The SMILES string of the molecule is O=C(NCc1ccncc1)c1cc2ncccc2cc1O. The second kappa shape index (κ2) is 5.58. The summed E-state index contributed by atoms with van der Waals surface area (Å²) >= 11 is 0. The highest BCUT2D eigenvalue weighted by atomic mass is 16.3. The van der Waals surface area contributed by atoms with Crippen LogP contribution in [0.2, 0.25) is 0 Å². The third-order valence-corrected chi connectivity index (χ3v) is 3.17. The molecule has 0 aliphatic rings. The average Bonchev–Trinajstić information content (AvgIpc) is 2.53. The Morgan fingerprint density at radius 2 is 1.95 bits per heavy atom. The summed E-state index contributed by atoms with van der Waals surface area (Å²) in [6, 6.07) is 10.4. The fourth-order valence-electron chi connectivity index (χ4n) is 2.07. The Bertz CT molecular complexity index is 788. The number of hydrogen-bond donors (Lipinski definition) is 2. The first-order chi connectivity index (χ1) is 10.2. The molecular weight excluding hydrogens is 266 g/mol. The summed E-state index contributed by atoms with van der Waals surface area (Å²) in [6.07, 6.45) is 4.98. The van der Waals surface area contributed by atoms with Gasteiger partial charge in [-0.05, 0) is 35.9 Å². The number of nitrogens with one attached hydrogen (secondary N) is 1. The van der Waals surface area contributed by atoms with Crippen LogP contribution >= 0.6 is 0 Å². The summed E-state index contributed by atoms with van der Waals surface area (Å²) in [7, 11) is 0. The maximum Gasteiger partial charge on any atom is 0.255 e. The summed E-state index contributed by atoms with van der Waals surface area (Å²) < 4.78 is 0. The van der Waals surface area contributed by atoms with E-state index in [0.29, 0.717) is 12.1 Å². The van der Waals surface area contributed by atoms with Gasteiger partial charge in [0.05, 0.1) is 11.1 Å². The summed E-state index contributed by atoms with van der Waals surface area (Å²) in [6.45, 7) is 0.376. The minimum absolute atomic E-state index is 0.0530. The number of aromatic nitrogens is 2. The highest BCUT2D eigenvalue weighted by Crippen LogP contribution is 2.23. The number of phenolic OH excluding ortho intramolecular Hbond substituents is 1. The minimum Gasteiger partial charge on any atom is -0.507 e. The molecule has 0 unspecified atom stereocenters. The second-order valence-corrected chi connectivity index (χ2v) is 4.60. The monoisotopic (exact) mass is 279 g/mol. The molecule has 21 heavy (non-hydrogen) atoms. The van der Waals surface area contributed by atoms with Crippen LogP contribution in [0, 0.1) is 0 Å². The van der Waals surface area contributed by atoms with E-state index >= 15 is 0 Å². The summed E-state index contributed by atoms with van der Waals surface area (Å²) in [5, 5.41) is 13.5. The van der Waals surface area contributed by atoms with Gasteiger partial charge in [-0.2, -0.15) is 0 Å². The number of nitrogens with zero attached hydrogens (tertiary/aromatic N) is 2. The predicted octanol–water partition coefficient (Wildman–Crippen LogP) is 2.27. The van der Waals surface area contributed by atoms with Crippen LogP contribution < -0.4 is 5.32 Å². The number of amides is 1. The first kappa shape index (κ1) is 13.1. The Kier molecular flexibility index (Phi) is 3.47. The largest absolute Gasteiger partial charge is 0.507 e. The van der Waals surface area contributed by atoms with E-state index in [-0.39, 0.29) is 17.2 Å². The number of phenols is 1. The van der Waals surface area contributed by atoms with Gasteiger partial charge in [0, 0.05) is 30.5 Å². The van der Waals surface area contributed by atoms with Crippen LogP contribution in [-0.2, 0) is 6.54 Å². The first-order valence-corrected chi connectivity index (χ1v) is 6.49.